The first kappa shape index (κ1) is 15.2. The lowest BCUT2D eigenvalue weighted by Crippen LogP contribution is -2.39. The van der Waals surface area contributed by atoms with Crippen molar-refractivity contribution in [1.82, 2.24) is 4.90 Å². The summed E-state index contributed by atoms with van der Waals surface area (Å²) in [5, 5.41) is 9.14. The molecule has 6 heteroatoms. The van der Waals surface area contributed by atoms with Crippen molar-refractivity contribution in [2.24, 2.45) is 0 Å². The number of methoxy groups -OCH3 is 1. The summed E-state index contributed by atoms with van der Waals surface area (Å²) < 4.78 is 18.2. The number of nitrogens with zero attached hydrogens (tertiary/aromatic N) is 1. The normalized spacial score (nSPS) is 21.9. The molecule has 112 valence electrons. The first-order valence-electron chi connectivity index (χ1n) is 6.51. The number of carboxylic acid groups (broad SMARTS) is 1. The predicted molar refractivity (Wildman–Crippen MR) is 74.0 cm³/mol. The van der Waals surface area contributed by atoms with E-state index in [9.17, 15) is 14.0 Å². The summed E-state index contributed by atoms with van der Waals surface area (Å²) in [6, 6.07) is 4.91. The zero-order valence-corrected chi connectivity index (χ0v) is 11.5. The fraction of sp³-hybridized carbons (Fsp3) is 0.333. The highest BCUT2D eigenvalue weighted by Crippen LogP contribution is 2.21. The number of likely N-dealkylation sites (tertiary alicyclic amines) is 1. The van der Waals surface area contributed by atoms with Crippen LogP contribution in [0.1, 0.15) is 12.0 Å². The average molecular weight is 293 g/mol. The summed E-state index contributed by atoms with van der Waals surface area (Å²) >= 11 is 0. The standard InChI is InChI=1S/C15H16FNO4/c1-21-12-8-13(15(19)20)17(9-12)14(18)6-5-10-3-2-4-11(16)7-10/h2-7,12-13H,8-9H2,1H3,(H,19,20)/b6-5+. The van der Waals surface area contributed by atoms with Crippen LogP contribution in [-0.4, -0.2) is 47.7 Å². The van der Waals surface area contributed by atoms with Crippen molar-refractivity contribution in [3.8, 4) is 0 Å². The van der Waals surface area contributed by atoms with E-state index in [2.05, 4.69) is 0 Å². The van der Waals surface area contributed by atoms with Gasteiger partial charge in [-0.25, -0.2) is 9.18 Å². The van der Waals surface area contributed by atoms with Gasteiger partial charge in [0.2, 0.25) is 5.91 Å². The Balaban J connectivity index is 2.10. The third-order valence-electron chi connectivity index (χ3n) is 3.43. The number of rotatable bonds is 4. The van der Waals surface area contributed by atoms with Gasteiger partial charge >= 0.3 is 5.97 Å². The molecule has 1 heterocycles. The molecule has 1 N–H and O–H groups in total. The molecule has 2 rings (SSSR count). The van der Waals surface area contributed by atoms with E-state index in [-0.39, 0.29) is 19.1 Å². The molecule has 21 heavy (non-hydrogen) atoms. The number of hydrogen-bond donors (Lipinski definition) is 1. The molecule has 0 saturated carbocycles. The Morgan fingerprint density at radius 1 is 1.48 bits per heavy atom. The molecule has 1 aliphatic heterocycles. The second-order valence-electron chi connectivity index (χ2n) is 4.83. The smallest absolute Gasteiger partial charge is 0.326 e. The number of hydrogen-bond acceptors (Lipinski definition) is 3. The van der Waals surface area contributed by atoms with Crippen LogP contribution in [0.15, 0.2) is 30.3 Å². The minimum atomic E-state index is -1.05. The lowest BCUT2D eigenvalue weighted by atomic mass is 10.2. The Hall–Kier alpha value is -2.21. The summed E-state index contributed by atoms with van der Waals surface area (Å²) in [5.74, 6) is -1.87. The van der Waals surface area contributed by atoms with Crippen LogP contribution in [-0.2, 0) is 14.3 Å². The SMILES string of the molecule is COC1CC(C(=O)O)N(C(=O)/C=C/c2cccc(F)c2)C1. The van der Waals surface area contributed by atoms with Crippen molar-refractivity contribution >= 4 is 18.0 Å². The van der Waals surface area contributed by atoms with Gasteiger partial charge in [-0.3, -0.25) is 4.79 Å². The van der Waals surface area contributed by atoms with Crippen molar-refractivity contribution in [3.63, 3.8) is 0 Å². The van der Waals surface area contributed by atoms with E-state index in [0.717, 1.165) is 0 Å². The molecule has 5 nitrogen and oxygen atoms in total. The monoisotopic (exact) mass is 293 g/mol. The number of benzene rings is 1. The van der Waals surface area contributed by atoms with Crippen LogP contribution in [0.3, 0.4) is 0 Å². The number of carbonyl (C=O) groups excluding carboxylic acids is 1. The van der Waals surface area contributed by atoms with Crippen molar-refractivity contribution in [3.05, 3.63) is 41.7 Å². The summed E-state index contributed by atoms with van der Waals surface area (Å²) in [6.07, 6.45) is 2.70. The third kappa shape index (κ3) is 3.66. The molecular weight excluding hydrogens is 277 g/mol. The molecule has 1 aromatic rings. The second kappa shape index (κ2) is 6.49. The van der Waals surface area contributed by atoms with Crippen molar-refractivity contribution in [1.29, 1.82) is 0 Å². The Morgan fingerprint density at radius 2 is 2.24 bits per heavy atom. The van der Waals surface area contributed by atoms with E-state index in [1.165, 1.54) is 42.4 Å². The van der Waals surface area contributed by atoms with Crippen LogP contribution in [0.25, 0.3) is 6.08 Å². The van der Waals surface area contributed by atoms with Crippen molar-refractivity contribution < 1.29 is 23.8 Å². The van der Waals surface area contributed by atoms with E-state index in [1.807, 2.05) is 0 Å². The van der Waals surface area contributed by atoms with Gasteiger partial charge in [0.15, 0.2) is 0 Å². The molecule has 0 aromatic heterocycles. The highest BCUT2D eigenvalue weighted by atomic mass is 19.1. The molecule has 2 atom stereocenters. The highest BCUT2D eigenvalue weighted by Gasteiger charge is 2.38. The Labute approximate surface area is 121 Å². The molecule has 0 spiro atoms. The Morgan fingerprint density at radius 3 is 2.86 bits per heavy atom. The fourth-order valence-corrected chi connectivity index (χ4v) is 2.32. The number of carboxylic acids is 1. The molecule has 1 aromatic carbocycles. The average Bonchev–Trinajstić information content (AvgIpc) is 2.89. The van der Waals surface area contributed by atoms with Crippen LogP contribution in [0, 0.1) is 5.82 Å². The molecule has 0 radical (unpaired) electrons. The largest absolute Gasteiger partial charge is 0.480 e. The van der Waals surface area contributed by atoms with E-state index in [4.69, 9.17) is 9.84 Å². The van der Waals surface area contributed by atoms with Crippen LogP contribution in [0.5, 0.6) is 0 Å². The zero-order chi connectivity index (χ0) is 15.4. The van der Waals surface area contributed by atoms with Gasteiger partial charge in [-0.2, -0.15) is 0 Å². The number of carbonyl (C=O) groups is 2. The van der Waals surface area contributed by atoms with Crippen LogP contribution >= 0.6 is 0 Å². The van der Waals surface area contributed by atoms with Gasteiger partial charge in [-0.1, -0.05) is 12.1 Å². The minimum Gasteiger partial charge on any atom is -0.480 e. The van der Waals surface area contributed by atoms with Gasteiger partial charge in [0, 0.05) is 26.2 Å². The van der Waals surface area contributed by atoms with Gasteiger partial charge in [-0.15, -0.1) is 0 Å². The Kier molecular flexibility index (Phi) is 4.70. The fourth-order valence-electron chi connectivity index (χ4n) is 2.32. The maximum atomic E-state index is 13.0. The van der Waals surface area contributed by atoms with Gasteiger partial charge in [0.25, 0.3) is 0 Å². The van der Waals surface area contributed by atoms with E-state index in [0.29, 0.717) is 5.56 Å². The van der Waals surface area contributed by atoms with E-state index in [1.54, 1.807) is 6.07 Å². The maximum Gasteiger partial charge on any atom is 0.326 e. The number of aliphatic carboxylic acids is 1. The summed E-state index contributed by atoms with van der Waals surface area (Å²) in [6.45, 7) is 0.236. The molecule has 1 aliphatic rings. The molecule has 1 saturated heterocycles. The third-order valence-corrected chi connectivity index (χ3v) is 3.43. The van der Waals surface area contributed by atoms with Gasteiger partial charge in [0.1, 0.15) is 11.9 Å². The van der Waals surface area contributed by atoms with Crippen LogP contribution < -0.4 is 0 Å². The molecule has 0 bridgehead atoms. The van der Waals surface area contributed by atoms with E-state index >= 15 is 0 Å². The highest BCUT2D eigenvalue weighted by molar-refractivity contribution is 5.94. The van der Waals surface area contributed by atoms with E-state index < -0.39 is 23.7 Å². The molecule has 0 aliphatic carbocycles. The van der Waals surface area contributed by atoms with Gasteiger partial charge in [-0.05, 0) is 23.8 Å². The number of halogens is 1. The van der Waals surface area contributed by atoms with Crippen molar-refractivity contribution in [2.75, 3.05) is 13.7 Å². The minimum absolute atomic E-state index is 0.236. The molecule has 1 amide bonds. The van der Waals surface area contributed by atoms with Crippen LogP contribution in [0.2, 0.25) is 0 Å². The second-order valence-corrected chi connectivity index (χ2v) is 4.83. The van der Waals surface area contributed by atoms with Gasteiger partial charge in [0.05, 0.1) is 6.10 Å². The topological polar surface area (TPSA) is 66.8 Å². The molecular formula is C15H16FNO4. The number of amides is 1. The zero-order valence-electron chi connectivity index (χ0n) is 11.5. The molecule has 1 fully saturated rings. The lowest BCUT2D eigenvalue weighted by molar-refractivity contribution is -0.146. The quantitative estimate of drug-likeness (QED) is 0.855. The number of ether oxygens (including phenoxy) is 1. The Bertz CT molecular complexity index is 573. The lowest BCUT2D eigenvalue weighted by Gasteiger charge is -2.19. The van der Waals surface area contributed by atoms with Crippen LogP contribution in [0.4, 0.5) is 4.39 Å². The summed E-state index contributed by atoms with van der Waals surface area (Å²) in [7, 11) is 1.49. The van der Waals surface area contributed by atoms with Gasteiger partial charge < -0.3 is 14.7 Å². The summed E-state index contributed by atoms with van der Waals surface area (Å²) in [5.41, 5.74) is 0.540. The van der Waals surface area contributed by atoms with Crippen molar-refractivity contribution in [2.45, 2.75) is 18.6 Å². The molecule has 2 unspecified atom stereocenters. The maximum absolute atomic E-state index is 13.0. The first-order chi connectivity index (χ1) is 10.0. The first-order valence-corrected chi connectivity index (χ1v) is 6.51. The predicted octanol–water partition coefficient (Wildman–Crippen LogP) is 1.54. The summed E-state index contributed by atoms with van der Waals surface area (Å²) in [4.78, 5) is 24.5.